The van der Waals surface area contributed by atoms with Crippen molar-refractivity contribution in [1.29, 1.82) is 0 Å². The summed E-state index contributed by atoms with van der Waals surface area (Å²) in [5, 5.41) is 13.9. The van der Waals surface area contributed by atoms with Crippen LogP contribution in [0.5, 0.6) is 5.75 Å². The van der Waals surface area contributed by atoms with Crippen LogP contribution in [0, 0.1) is 0 Å². The highest BCUT2D eigenvalue weighted by Crippen LogP contribution is 2.28. The van der Waals surface area contributed by atoms with Gasteiger partial charge >= 0.3 is 0 Å². The van der Waals surface area contributed by atoms with Gasteiger partial charge in [-0.3, -0.25) is 9.69 Å². The third-order valence-corrected chi connectivity index (χ3v) is 4.32. The second-order valence-electron chi connectivity index (χ2n) is 5.80. The van der Waals surface area contributed by atoms with Crippen molar-refractivity contribution >= 4 is 29.1 Å². The number of aliphatic hydroxyl groups is 1. The number of rotatable bonds is 5. The molecule has 1 amide bonds. The molecule has 1 aliphatic heterocycles. The average Bonchev–Trinajstić information content (AvgIpc) is 2.45. The van der Waals surface area contributed by atoms with E-state index in [0.717, 1.165) is 0 Å². The molecule has 7 heteroatoms. The summed E-state index contributed by atoms with van der Waals surface area (Å²) in [6.45, 7) is 5.36. The van der Waals surface area contributed by atoms with Crippen LogP contribution in [0.15, 0.2) is 18.2 Å². The molecule has 1 atom stereocenters. The smallest absolute Gasteiger partial charge is 0.240 e. The molecule has 0 aliphatic carbocycles. The van der Waals surface area contributed by atoms with Gasteiger partial charge in [-0.25, -0.2) is 0 Å². The van der Waals surface area contributed by atoms with Crippen LogP contribution < -0.4 is 10.1 Å². The Kier molecular flexibility index (Phi) is 5.55. The molecule has 1 heterocycles. The molecule has 1 saturated heterocycles. The number of piperazine rings is 1. The van der Waals surface area contributed by atoms with Gasteiger partial charge in [0, 0.05) is 30.7 Å². The van der Waals surface area contributed by atoms with Gasteiger partial charge in [-0.15, -0.1) is 0 Å². The lowest BCUT2D eigenvalue weighted by Gasteiger charge is -2.41. The first-order valence-corrected chi connectivity index (χ1v) is 7.85. The van der Waals surface area contributed by atoms with Gasteiger partial charge < -0.3 is 15.2 Å². The van der Waals surface area contributed by atoms with Gasteiger partial charge in [-0.2, -0.15) is 0 Å². The van der Waals surface area contributed by atoms with Gasteiger partial charge in [-0.05, 0) is 26.0 Å². The molecule has 1 unspecified atom stereocenters. The van der Waals surface area contributed by atoms with E-state index in [4.69, 9.17) is 27.9 Å². The van der Waals surface area contributed by atoms with Crippen molar-refractivity contribution in [2.24, 2.45) is 0 Å². The summed E-state index contributed by atoms with van der Waals surface area (Å²) in [6, 6.07) is 4.92. The Morgan fingerprint density at radius 1 is 1.45 bits per heavy atom. The minimum Gasteiger partial charge on any atom is -0.489 e. The monoisotopic (exact) mass is 346 g/mol. The second kappa shape index (κ2) is 7.04. The van der Waals surface area contributed by atoms with Gasteiger partial charge in [0.2, 0.25) is 5.91 Å². The van der Waals surface area contributed by atoms with Crippen LogP contribution in [0.2, 0.25) is 10.0 Å². The largest absolute Gasteiger partial charge is 0.489 e. The lowest BCUT2D eigenvalue weighted by molar-refractivity contribution is -0.136. The Morgan fingerprint density at radius 3 is 2.91 bits per heavy atom. The molecule has 1 fully saturated rings. The van der Waals surface area contributed by atoms with Crippen LogP contribution >= 0.6 is 23.2 Å². The third-order valence-electron chi connectivity index (χ3n) is 3.77. The van der Waals surface area contributed by atoms with E-state index >= 15 is 0 Å². The van der Waals surface area contributed by atoms with E-state index in [1.165, 1.54) is 0 Å². The zero-order valence-electron chi connectivity index (χ0n) is 12.6. The Morgan fingerprint density at radius 2 is 2.18 bits per heavy atom. The quantitative estimate of drug-likeness (QED) is 0.855. The van der Waals surface area contributed by atoms with Crippen molar-refractivity contribution in [2.45, 2.75) is 25.5 Å². The van der Waals surface area contributed by atoms with E-state index < -0.39 is 11.6 Å². The molecule has 0 saturated carbocycles. The molecule has 0 spiro atoms. The summed E-state index contributed by atoms with van der Waals surface area (Å²) in [5.41, 5.74) is -0.646. The molecular formula is C15H20Cl2N2O3. The fraction of sp³-hybridized carbons (Fsp3) is 0.533. The number of hydrogen-bond donors (Lipinski definition) is 2. The van der Waals surface area contributed by atoms with Gasteiger partial charge in [-0.1, -0.05) is 23.2 Å². The number of benzene rings is 1. The van der Waals surface area contributed by atoms with Crippen molar-refractivity contribution < 1.29 is 14.6 Å². The summed E-state index contributed by atoms with van der Waals surface area (Å²) in [5.74, 6) is 0.397. The number of hydrogen-bond acceptors (Lipinski definition) is 4. The number of nitrogens with one attached hydrogen (secondary N) is 1. The van der Waals surface area contributed by atoms with E-state index in [9.17, 15) is 9.90 Å². The molecule has 0 bridgehead atoms. The lowest BCUT2D eigenvalue weighted by Crippen LogP contribution is -2.63. The van der Waals surface area contributed by atoms with Crippen LogP contribution in [0.4, 0.5) is 0 Å². The standard InChI is InChI=1S/C15H20Cl2N2O3/c1-15(2)14(21)18-5-6-19(15)8-11(20)9-22-13-7-10(16)3-4-12(13)17/h3-4,7,11,20H,5-6,8-9H2,1-2H3,(H,18,21). The summed E-state index contributed by atoms with van der Waals surface area (Å²) in [7, 11) is 0. The number of ether oxygens (including phenoxy) is 1. The maximum Gasteiger partial charge on any atom is 0.240 e. The van der Waals surface area contributed by atoms with Crippen LogP contribution in [0.1, 0.15) is 13.8 Å². The third kappa shape index (κ3) is 4.04. The Bertz CT molecular complexity index is 552. The normalized spacial score (nSPS) is 19.6. The van der Waals surface area contributed by atoms with Crippen molar-refractivity contribution in [3.8, 4) is 5.75 Å². The van der Waals surface area contributed by atoms with Crippen LogP contribution in [0.25, 0.3) is 0 Å². The SMILES string of the molecule is CC1(C)C(=O)NCCN1CC(O)COc1cc(Cl)ccc1Cl. The highest BCUT2D eigenvalue weighted by Gasteiger charge is 2.38. The Balaban J connectivity index is 1.91. The molecule has 1 aromatic carbocycles. The number of halogens is 2. The second-order valence-corrected chi connectivity index (χ2v) is 6.64. The first-order valence-electron chi connectivity index (χ1n) is 7.10. The molecule has 1 aromatic rings. The zero-order chi connectivity index (χ0) is 16.3. The molecule has 122 valence electrons. The van der Waals surface area contributed by atoms with E-state index in [-0.39, 0.29) is 12.5 Å². The summed E-state index contributed by atoms with van der Waals surface area (Å²) < 4.78 is 5.52. The van der Waals surface area contributed by atoms with Crippen LogP contribution in [-0.4, -0.2) is 53.8 Å². The number of β-amino-alcohol motifs (C(OH)–C–C–N with tert-alkyl or cyclic N) is 1. The molecule has 1 aliphatic rings. The molecular weight excluding hydrogens is 327 g/mol. The highest BCUT2D eigenvalue weighted by atomic mass is 35.5. The van der Waals surface area contributed by atoms with Crippen molar-refractivity contribution in [2.75, 3.05) is 26.2 Å². The molecule has 5 nitrogen and oxygen atoms in total. The number of carbonyl (C=O) groups excluding carboxylic acids is 1. The van der Waals surface area contributed by atoms with Crippen LogP contribution in [-0.2, 0) is 4.79 Å². The first kappa shape index (κ1) is 17.3. The van der Waals surface area contributed by atoms with E-state index in [2.05, 4.69) is 5.32 Å². The summed E-state index contributed by atoms with van der Waals surface area (Å²) in [4.78, 5) is 13.8. The van der Waals surface area contributed by atoms with Crippen molar-refractivity contribution in [3.05, 3.63) is 28.2 Å². The maximum absolute atomic E-state index is 11.9. The lowest BCUT2D eigenvalue weighted by atomic mass is 9.98. The first-order chi connectivity index (χ1) is 10.3. The number of carbonyl (C=O) groups is 1. The van der Waals surface area contributed by atoms with E-state index in [0.29, 0.717) is 35.4 Å². The van der Waals surface area contributed by atoms with E-state index in [1.54, 1.807) is 18.2 Å². The number of amides is 1. The van der Waals surface area contributed by atoms with E-state index in [1.807, 2.05) is 18.7 Å². The van der Waals surface area contributed by atoms with Crippen molar-refractivity contribution in [3.63, 3.8) is 0 Å². The highest BCUT2D eigenvalue weighted by molar-refractivity contribution is 6.34. The molecule has 2 N–H and O–H groups in total. The predicted octanol–water partition coefficient (Wildman–Crippen LogP) is 1.94. The van der Waals surface area contributed by atoms with Gasteiger partial charge in [0.1, 0.15) is 18.5 Å². The zero-order valence-corrected chi connectivity index (χ0v) is 14.1. The molecule has 22 heavy (non-hydrogen) atoms. The topological polar surface area (TPSA) is 61.8 Å². The van der Waals surface area contributed by atoms with Crippen molar-refractivity contribution in [1.82, 2.24) is 10.2 Å². The Labute approximate surface area is 140 Å². The van der Waals surface area contributed by atoms with Gasteiger partial charge in [0.25, 0.3) is 0 Å². The fourth-order valence-corrected chi connectivity index (χ4v) is 2.68. The average molecular weight is 347 g/mol. The minimum absolute atomic E-state index is 0.0373. The molecule has 0 radical (unpaired) electrons. The van der Waals surface area contributed by atoms with Crippen LogP contribution in [0.3, 0.4) is 0 Å². The summed E-state index contributed by atoms with van der Waals surface area (Å²) in [6.07, 6.45) is -0.736. The number of nitrogens with zero attached hydrogens (tertiary/aromatic N) is 1. The molecule has 0 aromatic heterocycles. The minimum atomic E-state index is -0.736. The fourth-order valence-electron chi connectivity index (χ4n) is 2.34. The summed E-state index contributed by atoms with van der Waals surface area (Å²) >= 11 is 11.9. The maximum atomic E-state index is 11.9. The predicted molar refractivity (Wildman–Crippen MR) is 86.6 cm³/mol. The Hall–Kier alpha value is -1.01. The number of aliphatic hydroxyl groups excluding tert-OH is 1. The van der Waals surface area contributed by atoms with Gasteiger partial charge in [0.05, 0.1) is 10.6 Å². The molecule has 2 rings (SSSR count). The van der Waals surface area contributed by atoms with Gasteiger partial charge in [0.15, 0.2) is 0 Å².